The van der Waals surface area contributed by atoms with Crippen molar-refractivity contribution >= 4 is 44.8 Å². The highest BCUT2D eigenvalue weighted by Crippen LogP contribution is 2.42. The number of hydrogen-bond acceptors (Lipinski definition) is 6. The lowest BCUT2D eigenvalue weighted by Gasteiger charge is -2.34. The summed E-state index contributed by atoms with van der Waals surface area (Å²) in [6, 6.07) is 15.8. The second-order valence-corrected chi connectivity index (χ2v) is 10.1. The number of pyridine rings is 1. The van der Waals surface area contributed by atoms with Gasteiger partial charge in [-0.1, -0.05) is 22.0 Å². The zero-order chi connectivity index (χ0) is 25.4. The minimum absolute atomic E-state index is 0.0658. The molecule has 2 aromatic carbocycles. The summed E-state index contributed by atoms with van der Waals surface area (Å²) in [7, 11) is 2.12. The zero-order valence-corrected chi connectivity index (χ0v) is 21.8. The molecule has 0 saturated carbocycles. The Bertz CT molecular complexity index is 1330. The largest absolute Gasteiger partial charge is 0.507 e. The maximum Gasteiger partial charge on any atom is 0.300 e. The van der Waals surface area contributed by atoms with Gasteiger partial charge in [-0.2, -0.15) is 0 Å². The topological polar surface area (TPSA) is 77.0 Å². The lowest BCUT2D eigenvalue weighted by atomic mass is 9.95. The fraction of sp³-hybridized carbons (Fsp3) is 0.250. The highest BCUT2D eigenvalue weighted by Gasteiger charge is 2.47. The van der Waals surface area contributed by atoms with E-state index in [9.17, 15) is 14.7 Å². The number of amides is 1. The molecule has 36 heavy (non-hydrogen) atoms. The Labute approximate surface area is 218 Å². The van der Waals surface area contributed by atoms with Gasteiger partial charge in [0, 0.05) is 60.0 Å². The number of likely N-dealkylation sites (N-methyl/N-ethyl adjacent to an activating group) is 1. The summed E-state index contributed by atoms with van der Waals surface area (Å²) in [5.74, 6) is -1.57. The van der Waals surface area contributed by atoms with E-state index < -0.39 is 17.7 Å². The first-order valence-corrected chi connectivity index (χ1v) is 12.7. The first kappa shape index (κ1) is 24.2. The molecule has 1 unspecified atom stereocenters. The van der Waals surface area contributed by atoms with Gasteiger partial charge in [-0.25, -0.2) is 0 Å². The average Bonchev–Trinajstić information content (AvgIpc) is 3.16. The van der Waals surface area contributed by atoms with Crippen LogP contribution in [-0.4, -0.2) is 59.9 Å². The fourth-order valence-corrected chi connectivity index (χ4v) is 5.04. The van der Waals surface area contributed by atoms with Crippen molar-refractivity contribution in [2.75, 3.05) is 43.0 Å². The van der Waals surface area contributed by atoms with Crippen LogP contribution in [0.1, 0.15) is 22.7 Å². The van der Waals surface area contributed by atoms with Gasteiger partial charge in [-0.05, 0) is 73.6 Å². The summed E-state index contributed by atoms with van der Waals surface area (Å²) in [4.78, 5) is 36.9. The highest BCUT2D eigenvalue weighted by molar-refractivity contribution is 9.10. The minimum Gasteiger partial charge on any atom is -0.507 e. The summed E-state index contributed by atoms with van der Waals surface area (Å²) in [6.45, 7) is 5.76. The van der Waals surface area contributed by atoms with Crippen LogP contribution in [-0.2, 0) is 9.59 Å². The molecule has 8 heteroatoms. The summed E-state index contributed by atoms with van der Waals surface area (Å²) in [5, 5.41) is 11.3. The van der Waals surface area contributed by atoms with Crippen molar-refractivity contribution in [1.29, 1.82) is 0 Å². The molecule has 0 radical (unpaired) electrons. The van der Waals surface area contributed by atoms with Crippen LogP contribution in [0.15, 0.2) is 77.0 Å². The Balaban J connectivity index is 1.57. The third kappa shape index (κ3) is 4.42. The average molecular weight is 547 g/mol. The van der Waals surface area contributed by atoms with Gasteiger partial charge in [-0.15, -0.1) is 0 Å². The quantitative estimate of drug-likeness (QED) is 0.294. The standard InChI is InChI=1S/C28H27BrN4O3/c1-18-17-20(3-8-23(18)29)26(34)24-25(19-9-11-30-12-10-19)33(28(36)27(24)35)22-6-4-21(5-7-22)32-15-13-31(2)14-16-32/h3-12,17,25,34H,13-16H2,1-2H3/b26-24-. The second kappa shape index (κ2) is 9.87. The Morgan fingerprint density at radius 1 is 0.944 bits per heavy atom. The van der Waals surface area contributed by atoms with E-state index in [2.05, 4.69) is 37.8 Å². The molecule has 2 aliphatic heterocycles. The number of benzene rings is 2. The first-order chi connectivity index (χ1) is 17.3. The van der Waals surface area contributed by atoms with Crippen molar-refractivity contribution in [1.82, 2.24) is 9.88 Å². The summed E-state index contributed by atoms with van der Waals surface area (Å²) < 4.78 is 0.894. The maximum atomic E-state index is 13.4. The zero-order valence-electron chi connectivity index (χ0n) is 20.2. The molecular weight excluding hydrogens is 520 g/mol. The molecule has 2 fully saturated rings. The molecule has 1 N–H and O–H groups in total. The van der Waals surface area contributed by atoms with Crippen LogP contribution < -0.4 is 9.80 Å². The molecule has 0 spiro atoms. The summed E-state index contributed by atoms with van der Waals surface area (Å²) >= 11 is 3.47. The molecule has 2 saturated heterocycles. The fourth-order valence-electron chi connectivity index (χ4n) is 4.80. The number of halogens is 1. The van der Waals surface area contributed by atoms with Crippen LogP contribution >= 0.6 is 15.9 Å². The van der Waals surface area contributed by atoms with Crippen molar-refractivity contribution in [3.05, 3.63) is 93.7 Å². The number of nitrogens with zero attached hydrogens (tertiary/aromatic N) is 4. The summed E-state index contributed by atoms with van der Waals surface area (Å²) in [5.41, 5.74) is 3.84. The SMILES string of the molecule is Cc1cc(/C(O)=C2/C(=O)C(=O)N(c3ccc(N4CCN(C)CC4)cc3)C2c2ccncc2)ccc1Br. The van der Waals surface area contributed by atoms with Gasteiger partial charge < -0.3 is 14.9 Å². The van der Waals surface area contributed by atoms with E-state index in [0.29, 0.717) is 16.8 Å². The van der Waals surface area contributed by atoms with Crippen molar-refractivity contribution in [2.24, 2.45) is 0 Å². The number of piperazine rings is 1. The molecule has 3 heterocycles. The van der Waals surface area contributed by atoms with Gasteiger partial charge in [0.2, 0.25) is 0 Å². The van der Waals surface area contributed by atoms with Crippen molar-refractivity contribution < 1.29 is 14.7 Å². The number of aryl methyl sites for hydroxylation is 1. The third-order valence-corrected chi connectivity index (χ3v) is 7.78. The van der Waals surface area contributed by atoms with E-state index in [0.717, 1.165) is 41.9 Å². The van der Waals surface area contributed by atoms with Crippen molar-refractivity contribution in [3.63, 3.8) is 0 Å². The van der Waals surface area contributed by atoms with Gasteiger partial charge in [0.1, 0.15) is 5.76 Å². The van der Waals surface area contributed by atoms with E-state index in [4.69, 9.17) is 0 Å². The van der Waals surface area contributed by atoms with E-state index in [1.54, 1.807) is 36.7 Å². The van der Waals surface area contributed by atoms with Crippen LogP contribution in [0.3, 0.4) is 0 Å². The van der Waals surface area contributed by atoms with Gasteiger partial charge in [0.05, 0.1) is 11.6 Å². The molecule has 2 aliphatic rings. The predicted octanol–water partition coefficient (Wildman–Crippen LogP) is 4.53. The number of hydrogen-bond donors (Lipinski definition) is 1. The van der Waals surface area contributed by atoms with Gasteiger partial charge in [-0.3, -0.25) is 19.5 Å². The smallest absolute Gasteiger partial charge is 0.300 e. The van der Waals surface area contributed by atoms with Gasteiger partial charge in [0.15, 0.2) is 0 Å². The van der Waals surface area contributed by atoms with E-state index in [1.807, 2.05) is 37.3 Å². The Hall–Kier alpha value is -3.49. The normalized spacial score (nSPS) is 20.2. The van der Waals surface area contributed by atoms with Crippen LogP contribution in [0.4, 0.5) is 11.4 Å². The number of ketones is 1. The van der Waals surface area contributed by atoms with Gasteiger partial charge in [0.25, 0.3) is 11.7 Å². The number of carbonyl (C=O) groups is 2. The second-order valence-electron chi connectivity index (χ2n) is 9.22. The molecule has 3 aromatic rings. The van der Waals surface area contributed by atoms with Crippen LogP contribution in [0, 0.1) is 6.92 Å². The molecule has 1 amide bonds. The molecule has 5 rings (SSSR count). The Morgan fingerprint density at radius 2 is 1.58 bits per heavy atom. The lowest BCUT2D eigenvalue weighted by molar-refractivity contribution is -0.132. The lowest BCUT2D eigenvalue weighted by Crippen LogP contribution is -2.44. The summed E-state index contributed by atoms with van der Waals surface area (Å²) in [6.07, 6.45) is 3.24. The predicted molar refractivity (Wildman–Crippen MR) is 144 cm³/mol. The van der Waals surface area contributed by atoms with E-state index >= 15 is 0 Å². The maximum absolute atomic E-state index is 13.4. The molecule has 7 nitrogen and oxygen atoms in total. The molecule has 1 atom stereocenters. The molecular formula is C28H27BrN4O3. The number of Topliss-reactive ketones (excluding diaryl/α,β-unsaturated/α-hetero) is 1. The molecule has 1 aromatic heterocycles. The number of anilines is 2. The third-order valence-electron chi connectivity index (χ3n) is 6.89. The van der Waals surface area contributed by atoms with Crippen LogP contribution in [0.2, 0.25) is 0 Å². The van der Waals surface area contributed by atoms with Crippen molar-refractivity contribution in [2.45, 2.75) is 13.0 Å². The van der Waals surface area contributed by atoms with E-state index in [1.165, 1.54) is 4.90 Å². The Morgan fingerprint density at radius 3 is 2.22 bits per heavy atom. The van der Waals surface area contributed by atoms with Crippen LogP contribution in [0.5, 0.6) is 0 Å². The molecule has 184 valence electrons. The number of aliphatic hydroxyl groups excluding tert-OH is 1. The minimum atomic E-state index is -0.772. The van der Waals surface area contributed by atoms with Crippen LogP contribution in [0.25, 0.3) is 5.76 Å². The van der Waals surface area contributed by atoms with E-state index in [-0.39, 0.29) is 11.3 Å². The number of aliphatic hydroxyl groups is 1. The highest BCUT2D eigenvalue weighted by atomic mass is 79.9. The number of carbonyl (C=O) groups excluding carboxylic acids is 2. The monoisotopic (exact) mass is 546 g/mol. The van der Waals surface area contributed by atoms with Crippen molar-refractivity contribution in [3.8, 4) is 0 Å². The molecule has 0 bridgehead atoms. The number of rotatable bonds is 4. The van der Waals surface area contributed by atoms with Gasteiger partial charge >= 0.3 is 0 Å². The Kier molecular flexibility index (Phi) is 6.64. The molecule has 0 aliphatic carbocycles. The first-order valence-electron chi connectivity index (χ1n) is 11.9. The number of aromatic nitrogens is 1.